The smallest absolute Gasteiger partial charge is 0.255 e. The van der Waals surface area contributed by atoms with Crippen molar-refractivity contribution in [3.05, 3.63) is 78.1 Å². The van der Waals surface area contributed by atoms with Crippen molar-refractivity contribution in [1.82, 2.24) is 10.3 Å². The van der Waals surface area contributed by atoms with E-state index >= 15 is 0 Å². The number of hydrogen-bond acceptors (Lipinski definition) is 4. The second-order valence-corrected chi connectivity index (χ2v) is 8.16. The third-order valence-corrected chi connectivity index (χ3v) is 6.20. The number of rotatable bonds is 8. The molecule has 4 rings (SSSR count). The fraction of sp³-hybridized carbons (Fsp3) is 0.160. The Hall–Kier alpha value is -3.45. The molecule has 0 unspecified atom stereocenters. The van der Waals surface area contributed by atoms with Gasteiger partial charge in [-0.1, -0.05) is 18.2 Å². The lowest BCUT2D eigenvalue weighted by molar-refractivity contribution is 0.0953. The van der Waals surface area contributed by atoms with Crippen LogP contribution < -0.4 is 14.8 Å². The molecule has 7 heteroatoms. The topological polar surface area (TPSA) is 63.3 Å². The van der Waals surface area contributed by atoms with Gasteiger partial charge >= 0.3 is 0 Å². The van der Waals surface area contributed by atoms with Crippen molar-refractivity contribution in [2.24, 2.45) is 0 Å². The minimum Gasteiger partial charge on any atom is -0.497 e. The van der Waals surface area contributed by atoms with Gasteiger partial charge in [-0.05, 0) is 48.0 Å². The Morgan fingerprint density at radius 3 is 2.56 bits per heavy atom. The van der Waals surface area contributed by atoms with Gasteiger partial charge in [0.2, 0.25) is 0 Å². The van der Waals surface area contributed by atoms with Crippen LogP contribution in [0, 0.1) is 5.82 Å². The lowest BCUT2D eigenvalue weighted by Gasteiger charge is -2.11. The molecule has 0 saturated carbocycles. The van der Waals surface area contributed by atoms with Crippen molar-refractivity contribution in [3.8, 4) is 22.8 Å². The lowest BCUT2D eigenvalue weighted by Crippen LogP contribution is -2.26. The Morgan fingerprint density at radius 2 is 1.81 bits per heavy atom. The van der Waals surface area contributed by atoms with Crippen LogP contribution in [0.15, 0.2) is 71.6 Å². The van der Waals surface area contributed by atoms with E-state index < -0.39 is 0 Å². The molecule has 0 bridgehead atoms. The summed E-state index contributed by atoms with van der Waals surface area (Å²) in [5, 5.41) is 4.05. The molecule has 1 heterocycles. The third kappa shape index (κ3) is 4.57. The zero-order chi connectivity index (χ0) is 22.5. The molecule has 4 aromatic rings. The van der Waals surface area contributed by atoms with Crippen LogP contribution in [0.25, 0.3) is 22.2 Å². The maximum Gasteiger partial charge on any atom is 0.255 e. The first kappa shape index (κ1) is 21.8. The number of aromatic amines is 1. The van der Waals surface area contributed by atoms with Gasteiger partial charge in [0.1, 0.15) is 17.3 Å². The van der Waals surface area contributed by atoms with Crippen molar-refractivity contribution >= 4 is 28.6 Å². The minimum absolute atomic E-state index is 0.206. The number of carbonyl (C=O) groups excluding carboxylic acids is 1. The molecule has 32 heavy (non-hydrogen) atoms. The molecule has 1 aromatic heterocycles. The zero-order valence-corrected chi connectivity index (χ0v) is 18.6. The van der Waals surface area contributed by atoms with Gasteiger partial charge in [-0.2, -0.15) is 0 Å². The predicted molar refractivity (Wildman–Crippen MR) is 126 cm³/mol. The quantitative estimate of drug-likeness (QED) is 0.274. The summed E-state index contributed by atoms with van der Waals surface area (Å²) in [5.74, 6) is 1.28. The van der Waals surface area contributed by atoms with Crippen LogP contribution in [-0.4, -0.2) is 37.4 Å². The molecule has 2 N–H and O–H groups in total. The SMILES string of the molecule is COc1ccc(C(=O)NCCSc2c(-c3ccc(F)cc3)[nH]c3ccccc23)c(OC)c1. The number of thioether (sulfide) groups is 1. The number of H-pyrrole nitrogens is 1. The van der Waals surface area contributed by atoms with Crippen LogP contribution in [0.5, 0.6) is 11.5 Å². The summed E-state index contributed by atoms with van der Waals surface area (Å²) in [4.78, 5) is 17.2. The monoisotopic (exact) mass is 450 g/mol. The van der Waals surface area contributed by atoms with E-state index in [1.54, 1.807) is 49.2 Å². The number of nitrogens with one attached hydrogen (secondary N) is 2. The molecule has 0 aliphatic rings. The Bertz CT molecular complexity index is 1240. The summed E-state index contributed by atoms with van der Waals surface area (Å²) in [6, 6.07) is 19.6. The molecule has 5 nitrogen and oxygen atoms in total. The largest absolute Gasteiger partial charge is 0.497 e. The lowest BCUT2D eigenvalue weighted by atomic mass is 10.1. The summed E-state index contributed by atoms with van der Waals surface area (Å²) >= 11 is 1.64. The van der Waals surface area contributed by atoms with Gasteiger partial charge in [0, 0.05) is 34.2 Å². The number of aromatic nitrogens is 1. The van der Waals surface area contributed by atoms with Crippen LogP contribution in [-0.2, 0) is 0 Å². The first-order valence-corrected chi connectivity index (χ1v) is 11.1. The van der Waals surface area contributed by atoms with E-state index in [1.165, 1.54) is 19.2 Å². The molecule has 0 aliphatic carbocycles. The van der Waals surface area contributed by atoms with E-state index in [1.807, 2.05) is 18.2 Å². The second-order valence-electron chi connectivity index (χ2n) is 7.05. The average Bonchev–Trinajstić information content (AvgIpc) is 3.20. The van der Waals surface area contributed by atoms with Crippen molar-refractivity contribution in [2.45, 2.75) is 4.90 Å². The van der Waals surface area contributed by atoms with Crippen LogP contribution in [0.4, 0.5) is 4.39 Å². The van der Waals surface area contributed by atoms with E-state index in [4.69, 9.17) is 9.47 Å². The molecule has 0 aliphatic heterocycles. The normalized spacial score (nSPS) is 10.8. The molecule has 0 spiro atoms. The number of methoxy groups -OCH3 is 2. The summed E-state index contributed by atoms with van der Waals surface area (Å²) in [7, 11) is 3.09. The Labute approximate surface area is 189 Å². The Balaban J connectivity index is 1.47. The number of ether oxygens (including phenoxy) is 2. The summed E-state index contributed by atoms with van der Waals surface area (Å²) in [5.41, 5.74) is 3.33. The molecule has 1 amide bonds. The van der Waals surface area contributed by atoms with Crippen molar-refractivity contribution in [1.29, 1.82) is 0 Å². The third-order valence-electron chi connectivity index (χ3n) is 5.08. The molecule has 0 radical (unpaired) electrons. The van der Waals surface area contributed by atoms with Gasteiger partial charge in [-0.3, -0.25) is 4.79 Å². The maximum absolute atomic E-state index is 13.4. The van der Waals surface area contributed by atoms with Crippen LogP contribution in [0.3, 0.4) is 0 Å². The minimum atomic E-state index is -0.268. The van der Waals surface area contributed by atoms with Crippen molar-refractivity contribution in [2.75, 3.05) is 26.5 Å². The fourth-order valence-corrected chi connectivity index (χ4v) is 4.54. The number of benzene rings is 3. The molecule has 0 fully saturated rings. The van der Waals surface area contributed by atoms with Crippen LogP contribution >= 0.6 is 11.8 Å². The van der Waals surface area contributed by atoms with E-state index in [2.05, 4.69) is 16.4 Å². The first-order chi connectivity index (χ1) is 15.6. The zero-order valence-electron chi connectivity index (χ0n) is 17.8. The van der Waals surface area contributed by atoms with Crippen LogP contribution in [0.2, 0.25) is 0 Å². The Morgan fingerprint density at radius 1 is 1.03 bits per heavy atom. The van der Waals surface area contributed by atoms with E-state index in [-0.39, 0.29) is 11.7 Å². The molecular formula is C25H23FN2O3S. The maximum atomic E-state index is 13.4. The number of fused-ring (bicyclic) bond motifs is 1. The summed E-state index contributed by atoms with van der Waals surface area (Å²) < 4.78 is 23.9. The molecule has 164 valence electrons. The highest BCUT2D eigenvalue weighted by atomic mass is 32.2. The number of halogens is 1. The average molecular weight is 451 g/mol. The van der Waals surface area contributed by atoms with Gasteiger partial charge in [0.25, 0.3) is 5.91 Å². The van der Waals surface area contributed by atoms with Gasteiger partial charge in [-0.15, -0.1) is 11.8 Å². The highest BCUT2D eigenvalue weighted by molar-refractivity contribution is 7.99. The molecule has 0 atom stereocenters. The predicted octanol–water partition coefficient (Wildman–Crippen LogP) is 5.51. The van der Waals surface area contributed by atoms with Gasteiger partial charge in [0.05, 0.1) is 25.5 Å². The van der Waals surface area contributed by atoms with Gasteiger partial charge in [-0.25, -0.2) is 4.39 Å². The molecular weight excluding hydrogens is 427 g/mol. The number of carbonyl (C=O) groups is 1. The summed E-state index contributed by atoms with van der Waals surface area (Å²) in [6.45, 7) is 0.473. The standard InChI is InChI=1S/C25H23FN2O3S/c1-30-18-11-12-20(22(15-18)31-2)25(29)27-13-14-32-24-19-5-3-4-6-21(19)28-23(24)16-7-9-17(26)10-8-16/h3-12,15,28H,13-14H2,1-2H3,(H,27,29). The molecule has 3 aromatic carbocycles. The second kappa shape index (κ2) is 9.78. The first-order valence-electron chi connectivity index (χ1n) is 10.1. The number of para-hydroxylation sites is 1. The number of amides is 1. The number of hydrogen-bond donors (Lipinski definition) is 2. The van der Waals surface area contributed by atoms with Crippen molar-refractivity contribution in [3.63, 3.8) is 0 Å². The summed E-state index contributed by atoms with van der Waals surface area (Å²) in [6.07, 6.45) is 0. The van der Waals surface area contributed by atoms with Crippen LogP contribution in [0.1, 0.15) is 10.4 Å². The highest BCUT2D eigenvalue weighted by Gasteiger charge is 2.15. The highest BCUT2D eigenvalue weighted by Crippen LogP contribution is 2.37. The van der Waals surface area contributed by atoms with Crippen molar-refractivity contribution < 1.29 is 18.7 Å². The van der Waals surface area contributed by atoms with E-state index in [0.29, 0.717) is 29.4 Å². The van der Waals surface area contributed by atoms with Gasteiger partial charge < -0.3 is 19.8 Å². The van der Waals surface area contributed by atoms with E-state index in [9.17, 15) is 9.18 Å². The molecule has 0 saturated heterocycles. The van der Waals surface area contributed by atoms with E-state index in [0.717, 1.165) is 27.1 Å². The Kier molecular flexibility index (Phi) is 6.66. The van der Waals surface area contributed by atoms with Gasteiger partial charge in [0.15, 0.2) is 0 Å². The fourth-order valence-electron chi connectivity index (χ4n) is 3.48.